The summed E-state index contributed by atoms with van der Waals surface area (Å²) in [4.78, 5) is 137. The van der Waals surface area contributed by atoms with E-state index in [0.717, 1.165) is 27.6 Å². The highest BCUT2D eigenvalue weighted by atomic mass is 16.2. The van der Waals surface area contributed by atoms with Crippen LogP contribution >= 0.6 is 0 Å². The van der Waals surface area contributed by atoms with E-state index in [-0.39, 0.29) is 82.0 Å². The van der Waals surface area contributed by atoms with Crippen LogP contribution in [-0.4, -0.2) is 134 Å². The molecule has 3 heterocycles. The molecule has 0 saturated heterocycles. The lowest BCUT2D eigenvalue weighted by Gasteiger charge is -2.26. The van der Waals surface area contributed by atoms with Crippen LogP contribution in [0.15, 0.2) is 93.5 Å². The maximum Gasteiger partial charge on any atom is 0.274 e. The Morgan fingerprint density at radius 2 is 1.55 bits per heavy atom. The monoisotopic (exact) mass is 1070 g/mol. The summed E-state index contributed by atoms with van der Waals surface area (Å²) >= 11 is 0. The summed E-state index contributed by atoms with van der Waals surface area (Å²) in [5.74, 6) is -7.57. The fourth-order valence-corrected chi connectivity index (χ4v) is 9.21. The smallest absolute Gasteiger partial charge is 0.274 e. The number of fused-ring (bicyclic) bond motifs is 2. The summed E-state index contributed by atoms with van der Waals surface area (Å²) in [5.41, 5.74) is 19.7. The minimum Gasteiger partial charge on any atom is -0.384 e. The summed E-state index contributed by atoms with van der Waals surface area (Å²) in [6.45, 7) is 3.70. The molecule has 0 fully saturated rings. The average molecular weight is 1070 g/mol. The number of carbonyl (C=O) groups excluding carboxylic acids is 9. The van der Waals surface area contributed by atoms with Crippen LogP contribution in [0.1, 0.15) is 95.1 Å². The second-order valence-corrected chi connectivity index (χ2v) is 19.5. The van der Waals surface area contributed by atoms with Crippen LogP contribution in [0, 0.1) is 0 Å². The Balaban J connectivity index is 1.24. The van der Waals surface area contributed by atoms with Gasteiger partial charge in [0.1, 0.15) is 42.2 Å². The Labute approximate surface area is 451 Å². The lowest BCUT2D eigenvalue weighted by molar-refractivity contribution is -0.136. The molecule has 3 aliphatic heterocycles. The molecule has 0 bridgehead atoms. The number of hydrogen-bond acceptors (Lipinski definition) is 14. The van der Waals surface area contributed by atoms with Crippen molar-refractivity contribution in [1.29, 1.82) is 0 Å². The highest BCUT2D eigenvalue weighted by Gasteiger charge is 2.36. The number of nitrogens with one attached hydrogen (secondary N) is 9. The third-order valence-electron chi connectivity index (χ3n) is 13.3. The molecule has 6 rings (SSSR count). The number of allylic oxidation sites excluding steroid dienone is 1. The van der Waals surface area contributed by atoms with Gasteiger partial charge in [-0.2, -0.15) is 0 Å². The van der Waals surface area contributed by atoms with E-state index < -0.39 is 102 Å². The van der Waals surface area contributed by atoms with Crippen LogP contribution in [-0.2, 0) is 49.6 Å². The number of nitrogens with two attached hydrogens (primary N) is 3. The minimum absolute atomic E-state index is 0.0109. The summed E-state index contributed by atoms with van der Waals surface area (Å²) in [7, 11) is 0. The Bertz CT molecular complexity index is 2800. The van der Waals surface area contributed by atoms with Crippen LogP contribution in [0.25, 0.3) is 10.8 Å². The number of carbonyl (C=O) groups is 9. The van der Waals surface area contributed by atoms with E-state index in [0.29, 0.717) is 19.4 Å². The molecule has 3 aromatic rings. The van der Waals surface area contributed by atoms with Crippen molar-refractivity contribution in [2.45, 2.75) is 133 Å². The third kappa shape index (κ3) is 17.8. The number of unbranched alkanes of at least 4 members (excludes halogenated alkanes) is 1. The standard InChI is InChI=1S/C54H71N15O9/c1-3-4-15-40(63-31(2)70)48(73)68-45-27-46(71)59-21-10-9-17-41(50(75)69-53(78)44(67-52(45)77)26-36-29-58-30-62-36)65-51(76)43(25-35-28-61-39-16-8-7-14-37(35)39)66-49(74)42(18-11-22-60-54(56)57)64-47(72)38(55)24-32-19-20-33-12-5-6-13-34(33)23-32/h5-8,12-14,16-17,19-20,23,29-30,35-36,38,40,42-45,61H,3-4,9-11,15,18,21-22,24-28,55H2,1-2H3,(H,59,71)(H,63,70)(H,64,72)(H,65,76)(H,66,74)(H,67,77)(H,68,73)(H4,56,57,60)(H,69,75,78)/b41-17+/t35-,36+,38+,40-,42-,43-,44-,45-/m0/s1. The van der Waals surface area contributed by atoms with Gasteiger partial charge < -0.3 is 59.7 Å². The number of imide groups is 1. The zero-order valence-electron chi connectivity index (χ0n) is 43.8. The number of amides is 9. The molecule has 0 spiro atoms. The van der Waals surface area contributed by atoms with Crippen molar-refractivity contribution in [2.75, 3.05) is 25.0 Å². The number of aliphatic imine (C=N–C) groups is 3. The lowest BCUT2D eigenvalue weighted by Crippen LogP contribution is -2.58. The van der Waals surface area contributed by atoms with Crippen LogP contribution in [0.4, 0.5) is 5.69 Å². The van der Waals surface area contributed by atoms with Gasteiger partial charge in [-0.1, -0.05) is 86.5 Å². The Hall–Kier alpha value is -8.54. The highest BCUT2D eigenvalue weighted by Crippen LogP contribution is 2.34. The number of para-hydroxylation sites is 1. The minimum atomic E-state index is -1.52. The SMILES string of the molecule is CCCC[C@H](NC(C)=O)C(=O)N[C@H]1CC(=O)NCCC/C=C(/NC(=O)[C@H](C[C@H]2CNc3ccccc32)NC(=O)[C@H](CCCN=C(N)N)NC(=O)[C@H](N)Cc2ccc3ccccc3c2)C(=O)NC(=O)[C@H](C[C@@H]2C=NC=N2)NC1=O. The molecule has 0 unspecified atom stereocenters. The van der Waals surface area contributed by atoms with Gasteiger partial charge in [-0.3, -0.25) is 58.5 Å². The maximum atomic E-state index is 14.7. The zero-order chi connectivity index (χ0) is 56.1. The molecule has 8 atom stereocenters. The second kappa shape index (κ2) is 29.1. The molecule has 24 heteroatoms. The van der Waals surface area contributed by atoms with E-state index in [4.69, 9.17) is 17.2 Å². The number of hydrogen-bond donors (Lipinski definition) is 12. The Morgan fingerprint density at radius 1 is 0.821 bits per heavy atom. The molecule has 416 valence electrons. The summed E-state index contributed by atoms with van der Waals surface area (Å²) in [6, 6.07) is 12.5. The van der Waals surface area contributed by atoms with E-state index in [9.17, 15) is 43.2 Å². The fourth-order valence-electron chi connectivity index (χ4n) is 9.21. The molecule has 15 N–H and O–H groups in total. The third-order valence-corrected chi connectivity index (χ3v) is 13.3. The van der Waals surface area contributed by atoms with Crippen LogP contribution in [0.3, 0.4) is 0 Å². The first-order valence-corrected chi connectivity index (χ1v) is 26.3. The molecular formula is C54H71N15O9. The van der Waals surface area contributed by atoms with Crippen LogP contribution < -0.4 is 65.1 Å². The van der Waals surface area contributed by atoms with Gasteiger partial charge in [-0.15, -0.1) is 0 Å². The van der Waals surface area contributed by atoms with Gasteiger partial charge in [-0.25, -0.2) is 4.99 Å². The van der Waals surface area contributed by atoms with Gasteiger partial charge in [0, 0.05) is 50.8 Å². The van der Waals surface area contributed by atoms with Gasteiger partial charge >= 0.3 is 0 Å². The molecule has 0 aromatic heterocycles. The van der Waals surface area contributed by atoms with Crippen LogP contribution in [0.2, 0.25) is 0 Å². The van der Waals surface area contributed by atoms with E-state index in [1.807, 2.05) is 73.7 Å². The molecule has 78 heavy (non-hydrogen) atoms. The van der Waals surface area contributed by atoms with Crippen molar-refractivity contribution < 1.29 is 43.2 Å². The highest BCUT2D eigenvalue weighted by molar-refractivity contribution is 6.09. The first-order valence-electron chi connectivity index (χ1n) is 26.3. The fraction of sp³-hybridized carbons (Fsp3) is 0.444. The second-order valence-electron chi connectivity index (χ2n) is 19.5. The predicted octanol–water partition coefficient (Wildman–Crippen LogP) is -0.189. The van der Waals surface area contributed by atoms with Crippen molar-refractivity contribution in [3.05, 3.63) is 89.6 Å². The molecular weight excluding hydrogens is 1000 g/mol. The number of guanidine groups is 1. The molecule has 0 aliphatic carbocycles. The zero-order valence-corrected chi connectivity index (χ0v) is 43.8. The van der Waals surface area contributed by atoms with Gasteiger partial charge in [0.05, 0.1) is 18.5 Å². The molecule has 0 radical (unpaired) electrons. The molecule has 24 nitrogen and oxygen atoms in total. The first-order chi connectivity index (χ1) is 37.5. The van der Waals surface area contributed by atoms with E-state index in [2.05, 4.69) is 62.8 Å². The summed E-state index contributed by atoms with van der Waals surface area (Å²) in [6.07, 6.45) is 5.53. The van der Waals surface area contributed by atoms with Crippen molar-refractivity contribution in [3.63, 3.8) is 0 Å². The quantitative estimate of drug-likeness (QED) is 0.0269. The van der Waals surface area contributed by atoms with E-state index in [1.165, 1.54) is 25.6 Å². The molecule has 0 saturated carbocycles. The topological polar surface area (TPSA) is 377 Å². The Kier molecular flexibility index (Phi) is 21.9. The van der Waals surface area contributed by atoms with E-state index >= 15 is 0 Å². The van der Waals surface area contributed by atoms with Crippen molar-refractivity contribution in [1.82, 2.24) is 42.5 Å². The van der Waals surface area contributed by atoms with Crippen molar-refractivity contribution >= 4 is 88.1 Å². The van der Waals surface area contributed by atoms with Gasteiger partial charge in [0.2, 0.25) is 47.3 Å². The lowest BCUT2D eigenvalue weighted by atomic mass is 9.93. The maximum absolute atomic E-state index is 14.7. The van der Waals surface area contributed by atoms with Gasteiger partial charge in [0.25, 0.3) is 5.91 Å². The average Bonchev–Trinajstić information content (AvgIpc) is 4.09. The van der Waals surface area contributed by atoms with E-state index in [1.54, 1.807) is 0 Å². The van der Waals surface area contributed by atoms with Gasteiger partial charge in [-0.05, 0) is 72.9 Å². The molecule has 9 amide bonds. The summed E-state index contributed by atoms with van der Waals surface area (Å²) in [5, 5.41) is 26.2. The summed E-state index contributed by atoms with van der Waals surface area (Å²) < 4.78 is 0. The largest absolute Gasteiger partial charge is 0.384 e. The first kappa shape index (κ1) is 58.7. The molecule has 3 aliphatic rings. The Morgan fingerprint density at radius 3 is 2.29 bits per heavy atom. The number of benzene rings is 3. The number of anilines is 1. The van der Waals surface area contributed by atoms with Crippen molar-refractivity contribution in [3.8, 4) is 0 Å². The van der Waals surface area contributed by atoms with Crippen molar-refractivity contribution in [2.24, 2.45) is 32.2 Å². The molecule has 3 aromatic carbocycles. The normalized spacial score (nSPS) is 20.7. The number of rotatable bonds is 22. The van der Waals surface area contributed by atoms with Gasteiger partial charge in [0.15, 0.2) is 5.96 Å². The van der Waals surface area contributed by atoms with Crippen LogP contribution in [0.5, 0.6) is 0 Å². The predicted molar refractivity (Wildman–Crippen MR) is 294 cm³/mol. The number of nitrogens with zero attached hydrogens (tertiary/aromatic N) is 3.